The van der Waals surface area contributed by atoms with E-state index >= 15 is 0 Å². The van der Waals surface area contributed by atoms with Crippen molar-refractivity contribution >= 4 is 22.4 Å². The molecule has 0 aliphatic heterocycles. The van der Waals surface area contributed by atoms with Crippen molar-refractivity contribution in [2.24, 2.45) is 0 Å². The third kappa shape index (κ3) is 4.76. The second-order valence-corrected chi connectivity index (χ2v) is 8.59. The minimum Gasteiger partial charge on any atom is -0.311 e. The highest BCUT2D eigenvalue weighted by Gasteiger charge is 2.19. The zero-order valence-electron chi connectivity index (χ0n) is 20.2. The number of fused-ring (bicyclic) bond motifs is 1. The summed E-state index contributed by atoms with van der Waals surface area (Å²) in [4.78, 5) is 32.6. The highest BCUT2D eigenvalue weighted by atomic mass is 16.2. The summed E-state index contributed by atoms with van der Waals surface area (Å²) in [6, 6.07) is 15.8. The van der Waals surface area contributed by atoms with Gasteiger partial charge in [-0.05, 0) is 79.8 Å². The molecule has 0 radical (unpaired) electrons. The number of anilines is 1. The Morgan fingerprint density at radius 1 is 0.971 bits per heavy atom. The van der Waals surface area contributed by atoms with Crippen LogP contribution in [0.5, 0.6) is 0 Å². The zero-order valence-corrected chi connectivity index (χ0v) is 20.2. The van der Waals surface area contributed by atoms with Gasteiger partial charge in [-0.3, -0.25) is 14.6 Å². The van der Waals surface area contributed by atoms with E-state index in [2.05, 4.69) is 17.0 Å². The summed E-state index contributed by atoms with van der Waals surface area (Å²) < 4.78 is 1.31. The molecule has 0 saturated heterocycles. The van der Waals surface area contributed by atoms with E-state index in [0.29, 0.717) is 18.4 Å². The summed E-state index contributed by atoms with van der Waals surface area (Å²) in [5.41, 5.74) is 5.67. The van der Waals surface area contributed by atoms with Gasteiger partial charge in [0.1, 0.15) is 6.54 Å². The molecule has 6 nitrogen and oxygen atoms in total. The van der Waals surface area contributed by atoms with Crippen LogP contribution in [0.1, 0.15) is 41.8 Å². The minimum atomic E-state index is -0.251. The van der Waals surface area contributed by atoms with Crippen molar-refractivity contribution in [2.75, 3.05) is 11.4 Å². The van der Waals surface area contributed by atoms with Crippen LogP contribution in [0.2, 0.25) is 0 Å². The number of hydrogen-bond donors (Lipinski definition) is 0. The molecule has 0 bridgehead atoms. The Morgan fingerprint density at radius 2 is 1.68 bits per heavy atom. The Labute approximate surface area is 199 Å². The molecule has 174 valence electrons. The van der Waals surface area contributed by atoms with Gasteiger partial charge in [0.2, 0.25) is 5.91 Å². The number of benzene rings is 2. The fraction of sp³-hybridized carbons (Fsp3) is 0.286. The molecule has 4 aromatic rings. The van der Waals surface area contributed by atoms with Gasteiger partial charge in [0.25, 0.3) is 5.56 Å². The standard InChI is InChI=1S/C28H30N4O2/c1-5-21-9-11-23(12-10-21)31(6-2)27(33)18-32-28(34)25-15-20(4)19(3)14-24(25)26(30-32)16-22-8-7-13-29-17-22/h7-15,17H,5-6,16,18H2,1-4H3. The maximum absolute atomic E-state index is 13.4. The lowest BCUT2D eigenvalue weighted by atomic mass is 10.0. The van der Waals surface area contributed by atoms with E-state index in [1.54, 1.807) is 17.3 Å². The van der Waals surface area contributed by atoms with Crippen LogP contribution in [0.15, 0.2) is 65.7 Å². The number of aromatic nitrogens is 3. The molecule has 4 rings (SSSR count). The Bertz CT molecular complexity index is 1380. The van der Waals surface area contributed by atoms with Crippen LogP contribution in [-0.2, 0) is 24.2 Å². The van der Waals surface area contributed by atoms with E-state index in [4.69, 9.17) is 0 Å². The SMILES string of the molecule is CCc1ccc(N(CC)C(=O)Cn2nc(Cc3cccnc3)c3cc(C)c(C)cc3c2=O)cc1. The van der Waals surface area contributed by atoms with E-state index in [0.717, 1.165) is 39.9 Å². The Kier molecular flexibility index (Phi) is 6.87. The molecule has 1 amide bonds. The molecule has 2 heterocycles. The molecule has 0 unspecified atom stereocenters. The van der Waals surface area contributed by atoms with Gasteiger partial charge in [-0.25, -0.2) is 4.68 Å². The maximum atomic E-state index is 13.4. The van der Waals surface area contributed by atoms with Gasteiger partial charge in [-0.1, -0.05) is 25.1 Å². The van der Waals surface area contributed by atoms with E-state index < -0.39 is 0 Å². The van der Waals surface area contributed by atoms with E-state index in [9.17, 15) is 9.59 Å². The predicted molar refractivity (Wildman–Crippen MR) is 136 cm³/mol. The number of nitrogens with zero attached hydrogens (tertiary/aromatic N) is 4. The number of rotatable bonds is 7. The molecule has 0 spiro atoms. The van der Waals surface area contributed by atoms with E-state index in [-0.39, 0.29) is 18.0 Å². The largest absolute Gasteiger partial charge is 0.311 e. The van der Waals surface area contributed by atoms with Crippen LogP contribution in [-0.4, -0.2) is 27.2 Å². The van der Waals surface area contributed by atoms with Crippen LogP contribution in [0, 0.1) is 13.8 Å². The molecule has 0 fully saturated rings. The number of amides is 1. The van der Waals surface area contributed by atoms with Crippen LogP contribution in [0.4, 0.5) is 5.69 Å². The molecule has 0 saturated carbocycles. The first-order valence-electron chi connectivity index (χ1n) is 11.7. The number of pyridine rings is 1. The Morgan fingerprint density at radius 3 is 2.29 bits per heavy atom. The van der Waals surface area contributed by atoms with Gasteiger partial charge in [0, 0.05) is 36.4 Å². The quantitative estimate of drug-likeness (QED) is 0.409. The Balaban J connectivity index is 1.75. The molecule has 2 aromatic heterocycles. The first-order chi connectivity index (χ1) is 16.4. The second kappa shape index (κ2) is 10.00. The first-order valence-corrected chi connectivity index (χ1v) is 11.7. The zero-order chi connectivity index (χ0) is 24.2. The highest BCUT2D eigenvalue weighted by molar-refractivity contribution is 5.93. The molecule has 0 N–H and O–H groups in total. The van der Waals surface area contributed by atoms with Crippen molar-refractivity contribution in [3.05, 3.63) is 99.2 Å². The summed E-state index contributed by atoms with van der Waals surface area (Å²) in [6.07, 6.45) is 5.00. The topological polar surface area (TPSA) is 68.1 Å². The lowest BCUT2D eigenvalue weighted by molar-refractivity contribution is -0.119. The van der Waals surface area contributed by atoms with Crippen LogP contribution < -0.4 is 10.5 Å². The lowest BCUT2D eigenvalue weighted by Gasteiger charge is -2.22. The summed E-state index contributed by atoms with van der Waals surface area (Å²) in [5, 5.41) is 6.08. The first kappa shape index (κ1) is 23.4. The van der Waals surface area contributed by atoms with Crippen molar-refractivity contribution in [3.63, 3.8) is 0 Å². The predicted octanol–water partition coefficient (Wildman–Crippen LogP) is 4.61. The summed E-state index contributed by atoms with van der Waals surface area (Å²) in [7, 11) is 0. The normalized spacial score (nSPS) is 11.1. The average molecular weight is 455 g/mol. The van der Waals surface area contributed by atoms with Crippen molar-refractivity contribution in [2.45, 2.75) is 47.1 Å². The number of hydrogen-bond acceptors (Lipinski definition) is 4. The molecule has 0 atom stereocenters. The average Bonchev–Trinajstić information content (AvgIpc) is 2.85. The van der Waals surface area contributed by atoms with Crippen molar-refractivity contribution in [1.82, 2.24) is 14.8 Å². The van der Waals surface area contributed by atoms with Gasteiger partial charge in [-0.2, -0.15) is 5.10 Å². The van der Waals surface area contributed by atoms with Gasteiger partial charge >= 0.3 is 0 Å². The Hall–Kier alpha value is -3.80. The lowest BCUT2D eigenvalue weighted by Crippen LogP contribution is -2.37. The molecule has 0 aliphatic rings. The fourth-order valence-electron chi connectivity index (χ4n) is 4.18. The second-order valence-electron chi connectivity index (χ2n) is 8.59. The maximum Gasteiger partial charge on any atom is 0.275 e. The molecule has 34 heavy (non-hydrogen) atoms. The number of carbonyl (C=O) groups is 1. The molecular weight excluding hydrogens is 424 g/mol. The van der Waals surface area contributed by atoms with Crippen molar-refractivity contribution in [1.29, 1.82) is 0 Å². The molecular formula is C28H30N4O2. The van der Waals surface area contributed by atoms with Gasteiger partial charge in [0.05, 0.1) is 11.1 Å². The monoisotopic (exact) mass is 454 g/mol. The van der Waals surface area contributed by atoms with E-state index in [1.807, 2.05) is 69.3 Å². The smallest absolute Gasteiger partial charge is 0.275 e. The summed E-state index contributed by atoms with van der Waals surface area (Å²) in [5.74, 6) is -0.170. The van der Waals surface area contributed by atoms with Gasteiger partial charge in [-0.15, -0.1) is 0 Å². The molecule has 2 aromatic carbocycles. The fourth-order valence-corrected chi connectivity index (χ4v) is 4.18. The van der Waals surface area contributed by atoms with Crippen LogP contribution >= 0.6 is 0 Å². The third-order valence-corrected chi connectivity index (χ3v) is 6.30. The van der Waals surface area contributed by atoms with Gasteiger partial charge in [0.15, 0.2) is 0 Å². The van der Waals surface area contributed by atoms with Crippen LogP contribution in [0.25, 0.3) is 10.8 Å². The van der Waals surface area contributed by atoms with E-state index in [1.165, 1.54) is 10.2 Å². The van der Waals surface area contributed by atoms with Gasteiger partial charge < -0.3 is 4.90 Å². The van der Waals surface area contributed by atoms with Crippen molar-refractivity contribution < 1.29 is 4.79 Å². The minimum absolute atomic E-state index is 0.120. The number of carbonyl (C=O) groups excluding carboxylic acids is 1. The van der Waals surface area contributed by atoms with Crippen molar-refractivity contribution in [3.8, 4) is 0 Å². The third-order valence-electron chi connectivity index (χ3n) is 6.30. The number of likely N-dealkylation sites (N-methyl/N-ethyl adjacent to an activating group) is 1. The highest BCUT2D eigenvalue weighted by Crippen LogP contribution is 2.22. The summed E-state index contributed by atoms with van der Waals surface area (Å²) in [6.45, 7) is 8.44. The number of aryl methyl sites for hydroxylation is 3. The summed E-state index contributed by atoms with van der Waals surface area (Å²) >= 11 is 0. The molecule has 6 heteroatoms. The van der Waals surface area contributed by atoms with Crippen LogP contribution in [0.3, 0.4) is 0 Å². The molecule has 0 aliphatic carbocycles.